The Balaban J connectivity index is 1.65. The van der Waals surface area contributed by atoms with Crippen LogP contribution in [0, 0.1) is 0 Å². The quantitative estimate of drug-likeness (QED) is 0.654. The lowest BCUT2D eigenvalue weighted by Crippen LogP contribution is -2.57. The first-order chi connectivity index (χ1) is 14.0. The van der Waals surface area contributed by atoms with Crippen LogP contribution in [0.3, 0.4) is 0 Å². The summed E-state index contributed by atoms with van der Waals surface area (Å²) in [6.45, 7) is 0.381. The highest BCUT2D eigenvalue weighted by Gasteiger charge is 2.42. The molecule has 1 fully saturated rings. The molecule has 3 N–H and O–H groups in total. The van der Waals surface area contributed by atoms with Crippen LogP contribution in [0.5, 0.6) is 0 Å². The molecule has 0 aliphatic heterocycles. The molecule has 3 rings (SSSR count). The lowest BCUT2D eigenvalue weighted by molar-refractivity contribution is -0.121. The van der Waals surface area contributed by atoms with Gasteiger partial charge in [-0.05, 0) is 36.6 Å². The summed E-state index contributed by atoms with van der Waals surface area (Å²) in [5.74, 6) is -0.762. The summed E-state index contributed by atoms with van der Waals surface area (Å²) in [6.07, 6.45) is 2.84. The monoisotopic (exact) mass is 395 g/mol. The van der Waals surface area contributed by atoms with Crippen LogP contribution in [-0.4, -0.2) is 30.6 Å². The Bertz CT molecular complexity index is 877. The molecule has 0 heterocycles. The van der Waals surface area contributed by atoms with Crippen LogP contribution in [0.2, 0.25) is 0 Å². The normalized spacial score (nSPS) is 14.7. The molecular weight excluding hydrogens is 370 g/mol. The Morgan fingerprint density at radius 1 is 1.00 bits per heavy atom. The van der Waals surface area contributed by atoms with Crippen molar-refractivity contribution in [2.75, 3.05) is 12.4 Å². The molecule has 0 saturated heterocycles. The zero-order valence-corrected chi connectivity index (χ0v) is 16.4. The maximum absolute atomic E-state index is 13.0. The van der Waals surface area contributed by atoms with Crippen molar-refractivity contribution in [2.24, 2.45) is 0 Å². The summed E-state index contributed by atoms with van der Waals surface area (Å²) in [4.78, 5) is 37.2. The lowest BCUT2D eigenvalue weighted by Gasteiger charge is -2.29. The number of ether oxygens (including phenoxy) is 1. The Kier molecular flexibility index (Phi) is 6.49. The molecule has 0 aromatic heterocycles. The van der Waals surface area contributed by atoms with Gasteiger partial charge in [-0.2, -0.15) is 0 Å². The van der Waals surface area contributed by atoms with E-state index in [2.05, 4.69) is 16.0 Å². The van der Waals surface area contributed by atoms with Crippen molar-refractivity contribution in [2.45, 2.75) is 37.8 Å². The van der Waals surface area contributed by atoms with Crippen LogP contribution in [-0.2, 0) is 16.1 Å². The summed E-state index contributed by atoms with van der Waals surface area (Å²) in [5.41, 5.74) is 0.837. The van der Waals surface area contributed by atoms with E-state index in [0.717, 1.165) is 18.4 Å². The molecule has 0 radical (unpaired) electrons. The van der Waals surface area contributed by atoms with Gasteiger partial charge in [-0.15, -0.1) is 0 Å². The molecule has 1 aliphatic carbocycles. The minimum atomic E-state index is -0.970. The SMILES string of the molecule is COC(=O)c1cccc(NC(=O)C2(NC(=O)NCc3ccccc3)CCCC2)c1. The van der Waals surface area contributed by atoms with Crippen molar-refractivity contribution in [1.82, 2.24) is 10.6 Å². The minimum absolute atomic E-state index is 0.285. The van der Waals surface area contributed by atoms with E-state index in [1.165, 1.54) is 7.11 Å². The molecule has 0 bridgehead atoms. The molecule has 0 atom stereocenters. The number of amides is 3. The molecule has 2 aromatic rings. The zero-order valence-electron chi connectivity index (χ0n) is 16.4. The van der Waals surface area contributed by atoms with E-state index in [1.807, 2.05) is 30.3 Å². The first-order valence-electron chi connectivity index (χ1n) is 9.62. The highest BCUT2D eigenvalue weighted by atomic mass is 16.5. The van der Waals surface area contributed by atoms with Gasteiger partial charge in [-0.25, -0.2) is 9.59 Å². The summed E-state index contributed by atoms with van der Waals surface area (Å²) in [6, 6.07) is 15.7. The molecule has 152 valence electrons. The number of nitrogens with one attached hydrogen (secondary N) is 3. The molecule has 3 amide bonds. The van der Waals surface area contributed by atoms with Crippen LogP contribution in [0.1, 0.15) is 41.6 Å². The van der Waals surface area contributed by atoms with Crippen LogP contribution in [0.15, 0.2) is 54.6 Å². The fourth-order valence-corrected chi connectivity index (χ4v) is 3.52. The predicted octanol–water partition coefficient (Wildman–Crippen LogP) is 3.22. The molecule has 2 aromatic carbocycles. The molecule has 1 saturated carbocycles. The van der Waals surface area contributed by atoms with Gasteiger partial charge in [0.05, 0.1) is 12.7 Å². The Morgan fingerprint density at radius 2 is 1.72 bits per heavy atom. The van der Waals surface area contributed by atoms with Crippen molar-refractivity contribution in [3.63, 3.8) is 0 Å². The van der Waals surface area contributed by atoms with Crippen LogP contribution < -0.4 is 16.0 Å². The Hall–Kier alpha value is -3.35. The average Bonchev–Trinajstić information content (AvgIpc) is 3.22. The fraction of sp³-hybridized carbons (Fsp3) is 0.318. The molecule has 7 heteroatoms. The van der Waals surface area contributed by atoms with Crippen molar-refractivity contribution >= 4 is 23.6 Å². The van der Waals surface area contributed by atoms with Crippen molar-refractivity contribution in [1.29, 1.82) is 0 Å². The van der Waals surface area contributed by atoms with Crippen molar-refractivity contribution in [3.05, 3.63) is 65.7 Å². The third kappa shape index (κ3) is 5.13. The van der Waals surface area contributed by atoms with E-state index in [-0.39, 0.29) is 11.9 Å². The van der Waals surface area contributed by atoms with Gasteiger partial charge in [0.2, 0.25) is 5.91 Å². The van der Waals surface area contributed by atoms with Crippen molar-refractivity contribution < 1.29 is 19.1 Å². The van der Waals surface area contributed by atoms with Gasteiger partial charge in [0.1, 0.15) is 5.54 Å². The maximum atomic E-state index is 13.0. The number of hydrogen-bond donors (Lipinski definition) is 3. The number of rotatable bonds is 6. The largest absolute Gasteiger partial charge is 0.465 e. The second kappa shape index (κ2) is 9.23. The number of carbonyl (C=O) groups is 3. The first-order valence-corrected chi connectivity index (χ1v) is 9.62. The third-order valence-electron chi connectivity index (χ3n) is 5.08. The van der Waals surface area contributed by atoms with E-state index in [9.17, 15) is 14.4 Å². The van der Waals surface area contributed by atoms with E-state index in [4.69, 9.17) is 4.74 Å². The number of benzene rings is 2. The van der Waals surface area contributed by atoms with Crippen LogP contribution in [0.25, 0.3) is 0 Å². The van der Waals surface area contributed by atoms with Gasteiger partial charge in [0.25, 0.3) is 0 Å². The fourth-order valence-electron chi connectivity index (χ4n) is 3.52. The average molecular weight is 395 g/mol. The number of hydrogen-bond acceptors (Lipinski definition) is 4. The first kappa shape index (κ1) is 20.4. The third-order valence-corrected chi connectivity index (χ3v) is 5.08. The number of carbonyl (C=O) groups excluding carboxylic acids is 3. The summed E-state index contributed by atoms with van der Waals surface area (Å²) >= 11 is 0. The predicted molar refractivity (Wildman–Crippen MR) is 109 cm³/mol. The van der Waals surface area contributed by atoms with Gasteiger partial charge in [0.15, 0.2) is 0 Å². The van der Waals surface area contributed by atoms with Crippen LogP contribution >= 0.6 is 0 Å². The standard InChI is InChI=1S/C22H25N3O4/c1-29-19(26)17-10-7-11-18(14-17)24-20(27)22(12-5-6-13-22)25-21(28)23-15-16-8-3-2-4-9-16/h2-4,7-11,14H,5-6,12-13,15H2,1H3,(H,24,27)(H2,23,25,28). The van der Waals surface area contributed by atoms with Crippen LogP contribution in [0.4, 0.5) is 10.5 Å². The molecule has 1 aliphatic rings. The minimum Gasteiger partial charge on any atom is -0.465 e. The van der Waals surface area contributed by atoms with Gasteiger partial charge < -0.3 is 20.7 Å². The van der Waals surface area contributed by atoms with E-state index < -0.39 is 11.5 Å². The van der Waals surface area contributed by atoms with Gasteiger partial charge >= 0.3 is 12.0 Å². The van der Waals surface area contributed by atoms with Gasteiger partial charge in [-0.1, -0.05) is 49.2 Å². The van der Waals surface area contributed by atoms with E-state index in [0.29, 0.717) is 30.6 Å². The molecular formula is C22H25N3O4. The summed E-state index contributed by atoms with van der Waals surface area (Å²) < 4.78 is 4.71. The number of anilines is 1. The topological polar surface area (TPSA) is 96.5 Å². The number of urea groups is 1. The summed E-state index contributed by atoms with van der Waals surface area (Å²) in [7, 11) is 1.30. The lowest BCUT2D eigenvalue weighted by atomic mass is 9.96. The molecule has 0 spiro atoms. The second-order valence-electron chi connectivity index (χ2n) is 7.11. The molecule has 29 heavy (non-hydrogen) atoms. The Labute approximate surface area is 169 Å². The number of methoxy groups -OCH3 is 1. The highest BCUT2D eigenvalue weighted by molar-refractivity contribution is 6.01. The van der Waals surface area contributed by atoms with Gasteiger partial charge in [0, 0.05) is 12.2 Å². The zero-order chi connectivity index (χ0) is 20.7. The smallest absolute Gasteiger partial charge is 0.337 e. The highest BCUT2D eigenvalue weighted by Crippen LogP contribution is 2.31. The molecule has 7 nitrogen and oxygen atoms in total. The summed E-state index contributed by atoms with van der Waals surface area (Å²) in [5, 5.41) is 8.52. The van der Waals surface area contributed by atoms with E-state index in [1.54, 1.807) is 24.3 Å². The van der Waals surface area contributed by atoms with Gasteiger partial charge in [-0.3, -0.25) is 4.79 Å². The van der Waals surface area contributed by atoms with E-state index >= 15 is 0 Å². The van der Waals surface area contributed by atoms with Crippen molar-refractivity contribution in [3.8, 4) is 0 Å². The maximum Gasteiger partial charge on any atom is 0.337 e. The molecule has 0 unspecified atom stereocenters. The number of esters is 1. The second-order valence-corrected chi connectivity index (χ2v) is 7.11. The Morgan fingerprint density at radius 3 is 2.41 bits per heavy atom.